The molecule has 8 heteroatoms. The van der Waals surface area contributed by atoms with Gasteiger partial charge in [-0.05, 0) is 50.8 Å². The van der Waals surface area contributed by atoms with Crippen molar-refractivity contribution in [1.82, 2.24) is 10.2 Å². The zero-order valence-corrected chi connectivity index (χ0v) is 17.8. The lowest BCUT2D eigenvalue weighted by atomic mass is 9.70. The summed E-state index contributed by atoms with van der Waals surface area (Å²) in [6.45, 7) is 5.27. The Kier molecular flexibility index (Phi) is 5.10. The summed E-state index contributed by atoms with van der Waals surface area (Å²) in [5.74, 6) is -2.23. The second-order valence-corrected chi connectivity index (χ2v) is 8.75. The van der Waals surface area contributed by atoms with Crippen molar-refractivity contribution in [3.8, 4) is 0 Å². The van der Waals surface area contributed by atoms with Crippen molar-refractivity contribution in [2.45, 2.75) is 57.4 Å². The molecule has 6 atom stereocenters. The van der Waals surface area contributed by atoms with Gasteiger partial charge in [0.05, 0.1) is 30.6 Å². The Balaban J connectivity index is 1.74. The van der Waals surface area contributed by atoms with Crippen molar-refractivity contribution in [2.75, 3.05) is 19.0 Å². The highest BCUT2D eigenvalue weighted by molar-refractivity contribution is 6.04. The third-order valence-corrected chi connectivity index (χ3v) is 6.93. The molecule has 0 radical (unpaired) electrons. The molecule has 3 heterocycles. The number of hydrogen-bond acceptors (Lipinski definition) is 5. The summed E-state index contributed by atoms with van der Waals surface area (Å²) in [6.07, 6.45) is 0.777. The lowest BCUT2D eigenvalue weighted by molar-refractivity contribution is -0.143. The Morgan fingerprint density at radius 2 is 2.07 bits per heavy atom. The fraction of sp³-hybridized carbons (Fsp3) is 0.591. The molecule has 2 unspecified atom stereocenters. The van der Waals surface area contributed by atoms with E-state index in [1.165, 1.54) is 4.90 Å². The van der Waals surface area contributed by atoms with E-state index in [1.807, 2.05) is 32.0 Å². The van der Waals surface area contributed by atoms with Crippen LogP contribution in [0.15, 0.2) is 18.2 Å². The van der Waals surface area contributed by atoms with Gasteiger partial charge >= 0.3 is 0 Å². The van der Waals surface area contributed by atoms with E-state index in [0.717, 1.165) is 11.1 Å². The quantitative estimate of drug-likeness (QED) is 0.658. The zero-order valence-electron chi connectivity index (χ0n) is 17.8. The number of fused-ring (bicyclic) bond motifs is 1. The van der Waals surface area contributed by atoms with Gasteiger partial charge in [-0.1, -0.05) is 12.1 Å². The average molecular weight is 415 g/mol. The third-order valence-electron chi connectivity index (χ3n) is 6.93. The van der Waals surface area contributed by atoms with Gasteiger partial charge < -0.3 is 25.4 Å². The summed E-state index contributed by atoms with van der Waals surface area (Å²) < 4.78 is 6.27. The largest absolute Gasteiger partial charge is 0.394 e. The van der Waals surface area contributed by atoms with Gasteiger partial charge in [-0.2, -0.15) is 0 Å². The van der Waals surface area contributed by atoms with E-state index in [1.54, 1.807) is 14.0 Å². The van der Waals surface area contributed by atoms with Gasteiger partial charge in [0.25, 0.3) is 0 Å². The molecule has 1 aromatic rings. The number of carbonyl (C=O) groups excluding carboxylic acids is 3. The summed E-state index contributed by atoms with van der Waals surface area (Å²) in [4.78, 5) is 41.0. The molecule has 0 aliphatic carbocycles. The molecule has 3 aliphatic rings. The topological polar surface area (TPSA) is 108 Å². The van der Waals surface area contributed by atoms with Crippen LogP contribution in [0.2, 0.25) is 0 Å². The number of hydrogen-bond donors (Lipinski definition) is 3. The van der Waals surface area contributed by atoms with Crippen molar-refractivity contribution in [3.63, 3.8) is 0 Å². The average Bonchev–Trinajstić information content (AvgIpc) is 3.36. The second kappa shape index (κ2) is 7.35. The number of likely N-dealkylation sites (tertiary alicyclic amines) is 1. The van der Waals surface area contributed by atoms with Gasteiger partial charge in [0.2, 0.25) is 17.7 Å². The molecule has 0 aromatic heterocycles. The van der Waals surface area contributed by atoms with Crippen LogP contribution >= 0.6 is 0 Å². The summed E-state index contributed by atoms with van der Waals surface area (Å²) in [6, 6.07) is 4.31. The van der Waals surface area contributed by atoms with Crippen LogP contribution < -0.4 is 10.6 Å². The normalized spacial score (nSPS) is 32.8. The van der Waals surface area contributed by atoms with E-state index >= 15 is 0 Å². The van der Waals surface area contributed by atoms with Crippen LogP contribution in [0, 0.1) is 25.7 Å². The molecule has 30 heavy (non-hydrogen) atoms. The van der Waals surface area contributed by atoms with Crippen molar-refractivity contribution in [1.29, 1.82) is 0 Å². The van der Waals surface area contributed by atoms with Gasteiger partial charge in [0, 0.05) is 12.7 Å². The van der Waals surface area contributed by atoms with Crippen molar-refractivity contribution < 1.29 is 24.2 Å². The van der Waals surface area contributed by atoms with Gasteiger partial charge in [-0.25, -0.2) is 0 Å². The number of benzene rings is 1. The molecule has 162 valence electrons. The molecular formula is C22H29N3O5. The van der Waals surface area contributed by atoms with E-state index in [9.17, 15) is 19.5 Å². The van der Waals surface area contributed by atoms with Crippen LogP contribution in [0.3, 0.4) is 0 Å². The molecule has 1 spiro atoms. The minimum absolute atomic E-state index is 0.243. The number of ether oxygens (including phenoxy) is 1. The molecule has 3 aliphatic heterocycles. The predicted octanol–water partition coefficient (Wildman–Crippen LogP) is 0.743. The molecule has 1 aromatic carbocycles. The highest BCUT2D eigenvalue weighted by Gasteiger charge is 2.74. The Morgan fingerprint density at radius 1 is 1.33 bits per heavy atom. The highest BCUT2D eigenvalue weighted by Crippen LogP contribution is 2.58. The third kappa shape index (κ3) is 2.85. The SMILES string of the molecule is CNC(=O)[C@@H]1[C@@H]2CCC3(O2)C(C(=O)Nc2cc(C)ccc2C)N([C@H](C)CO)C(=O)[C@H]13. The van der Waals surface area contributed by atoms with Crippen LogP contribution in [-0.2, 0) is 19.1 Å². The van der Waals surface area contributed by atoms with Gasteiger partial charge in [-0.15, -0.1) is 0 Å². The number of aryl methyl sites for hydroxylation is 2. The van der Waals surface area contributed by atoms with E-state index < -0.39 is 29.5 Å². The lowest BCUT2D eigenvalue weighted by Crippen LogP contribution is -2.55. The standard InChI is InChI=1S/C22H29N3O5/c1-11-5-6-12(2)14(9-11)24-20(28)18-22-8-7-15(30-22)16(19(27)23-4)17(22)21(29)25(18)13(3)10-26/h5-6,9,13,15-18,26H,7-8,10H2,1-4H3,(H,23,27)(H,24,28)/t13-,15+,16-,17+,18?,22?/m1/s1. The van der Waals surface area contributed by atoms with Crippen LogP contribution in [0.4, 0.5) is 5.69 Å². The van der Waals surface area contributed by atoms with Crippen LogP contribution in [-0.4, -0.2) is 65.2 Å². The number of nitrogens with zero attached hydrogens (tertiary/aromatic N) is 1. The number of amides is 3. The molecule has 2 bridgehead atoms. The molecule has 3 saturated heterocycles. The first kappa shape index (κ1) is 20.8. The maximum absolute atomic E-state index is 13.6. The smallest absolute Gasteiger partial charge is 0.250 e. The highest BCUT2D eigenvalue weighted by atomic mass is 16.5. The monoisotopic (exact) mass is 415 g/mol. The van der Waals surface area contributed by atoms with Crippen molar-refractivity contribution in [3.05, 3.63) is 29.3 Å². The summed E-state index contributed by atoms with van der Waals surface area (Å²) in [5.41, 5.74) is 1.55. The maximum atomic E-state index is 13.6. The van der Waals surface area contributed by atoms with E-state index in [4.69, 9.17) is 4.74 Å². The van der Waals surface area contributed by atoms with Crippen LogP contribution in [0.1, 0.15) is 30.9 Å². The Morgan fingerprint density at radius 3 is 2.73 bits per heavy atom. The Bertz CT molecular complexity index is 903. The fourth-order valence-electron chi connectivity index (χ4n) is 5.49. The van der Waals surface area contributed by atoms with Gasteiger partial charge in [0.1, 0.15) is 11.6 Å². The minimum atomic E-state index is -1.05. The molecular weight excluding hydrogens is 386 g/mol. The molecule has 8 nitrogen and oxygen atoms in total. The molecule has 4 rings (SSSR count). The minimum Gasteiger partial charge on any atom is -0.394 e. The number of carbonyl (C=O) groups is 3. The fourth-order valence-corrected chi connectivity index (χ4v) is 5.49. The Labute approximate surface area is 176 Å². The molecule has 3 fully saturated rings. The van der Waals surface area contributed by atoms with E-state index in [0.29, 0.717) is 18.5 Å². The second-order valence-electron chi connectivity index (χ2n) is 8.75. The van der Waals surface area contributed by atoms with E-state index in [2.05, 4.69) is 10.6 Å². The lowest BCUT2D eigenvalue weighted by Gasteiger charge is -2.35. The van der Waals surface area contributed by atoms with E-state index in [-0.39, 0.29) is 30.4 Å². The number of rotatable bonds is 5. The summed E-state index contributed by atoms with van der Waals surface area (Å²) in [5, 5.41) is 15.4. The van der Waals surface area contributed by atoms with Gasteiger partial charge in [0.15, 0.2) is 0 Å². The predicted molar refractivity (Wildman–Crippen MR) is 110 cm³/mol. The number of aliphatic hydroxyl groups excluding tert-OH is 1. The molecule has 0 saturated carbocycles. The Hall–Kier alpha value is -2.45. The molecule has 3 amide bonds. The number of nitrogens with one attached hydrogen (secondary N) is 2. The van der Waals surface area contributed by atoms with Crippen molar-refractivity contribution in [2.24, 2.45) is 11.8 Å². The zero-order chi connectivity index (χ0) is 21.8. The number of aliphatic hydroxyl groups is 1. The first-order valence-corrected chi connectivity index (χ1v) is 10.5. The molecule has 3 N–H and O–H groups in total. The van der Waals surface area contributed by atoms with Crippen LogP contribution in [0.25, 0.3) is 0 Å². The van der Waals surface area contributed by atoms with Crippen LogP contribution in [0.5, 0.6) is 0 Å². The first-order chi connectivity index (χ1) is 14.2. The maximum Gasteiger partial charge on any atom is 0.250 e. The summed E-state index contributed by atoms with van der Waals surface area (Å²) in [7, 11) is 1.54. The first-order valence-electron chi connectivity index (χ1n) is 10.5. The summed E-state index contributed by atoms with van der Waals surface area (Å²) >= 11 is 0. The van der Waals surface area contributed by atoms with Gasteiger partial charge in [-0.3, -0.25) is 14.4 Å². The number of anilines is 1. The van der Waals surface area contributed by atoms with Crippen molar-refractivity contribution >= 4 is 23.4 Å².